The maximum Gasteiger partial charge on any atom is 0.416 e. The van der Waals surface area contributed by atoms with Gasteiger partial charge >= 0.3 is 6.18 Å². The van der Waals surface area contributed by atoms with Crippen LogP contribution in [0.2, 0.25) is 0 Å². The van der Waals surface area contributed by atoms with Gasteiger partial charge in [-0.1, -0.05) is 12.1 Å². The lowest BCUT2D eigenvalue weighted by molar-refractivity contribution is -0.137. The molecule has 1 aliphatic rings. The van der Waals surface area contributed by atoms with Crippen LogP contribution in [0.15, 0.2) is 24.3 Å². The molecule has 1 atom stereocenters. The van der Waals surface area contributed by atoms with E-state index in [1.165, 1.54) is 12.1 Å². The summed E-state index contributed by atoms with van der Waals surface area (Å²) in [5, 5.41) is 3.21. The van der Waals surface area contributed by atoms with Gasteiger partial charge < -0.3 is 5.32 Å². The van der Waals surface area contributed by atoms with Crippen LogP contribution in [0.25, 0.3) is 0 Å². The SMILES string of the molecule is CNCC1CCN(C(C)c2ccc(C(F)(F)F)cc2)CC1.Cl. The van der Waals surface area contributed by atoms with Gasteiger partial charge in [0, 0.05) is 6.04 Å². The lowest BCUT2D eigenvalue weighted by Gasteiger charge is -2.36. The third kappa shape index (κ3) is 4.86. The second-order valence-electron chi connectivity index (χ2n) is 5.83. The van der Waals surface area contributed by atoms with Crippen LogP contribution in [-0.4, -0.2) is 31.6 Å². The van der Waals surface area contributed by atoms with E-state index < -0.39 is 11.7 Å². The summed E-state index contributed by atoms with van der Waals surface area (Å²) in [7, 11) is 1.97. The predicted octanol–water partition coefficient (Wildman–Crippen LogP) is 4.12. The van der Waals surface area contributed by atoms with Crippen LogP contribution < -0.4 is 5.32 Å². The van der Waals surface area contributed by atoms with E-state index in [4.69, 9.17) is 0 Å². The van der Waals surface area contributed by atoms with E-state index in [1.807, 2.05) is 7.05 Å². The Hall–Kier alpha value is -0.780. The van der Waals surface area contributed by atoms with Gasteiger partial charge in [0.05, 0.1) is 5.56 Å². The average Bonchev–Trinajstić information content (AvgIpc) is 2.47. The summed E-state index contributed by atoms with van der Waals surface area (Å²) in [6.07, 6.45) is -1.97. The molecule has 1 aliphatic heterocycles. The first-order valence-electron chi connectivity index (χ1n) is 7.47. The van der Waals surface area contributed by atoms with Crippen molar-refractivity contribution in [1.82, 2.24) is 10.2 Å². The second kappa shape index (κ2) is 8.18. The smallest absolute Gasteiger partial charge is 0.319 e. The van der Waals surface area contributed by atoms with E-state index in [1.54, 1.807) is 12.1 Å². The minimum Gasteiger partial charge on any atom is -0.319 e. The highest BCUT2D eigenvalue weighted by Gasteiger charge is 2.30. The highest BCUT2D eigenvalue weighted by atomic mass is 35.5. The fourth-order valence-corrected chi connectivity index (χ4v) is 2.99. The molecule has 0 saturated carbocycles. The lowest BCUT2D eigenvalue weighted by atomic mass is 9.94. The second-order valence-corrected chi connectivity index (χ2v) is 5.83. The summed E-state index contributed by atoms with van der Waals surface area (Å²) in [6, 6.07) is 5.74. The molecule has 2 rings (SSSR count). The summed E-state index contributed by atoms with van der Waals surface area (Å²) in [5.74, 6) is 0.714. The van der Waals surface area contributed by atoms with Gasteiger partial charge in [-0.3, -0.25) is 4.90 Å². The first-order valence-corrected chi connectivity index (χ1v) is 7.47. The Morgan fingerprint density at radius 2 is 1.73 bits per heavy atom. The van der Waals surface area contributed by atoms with Gasteiger partial charge in [-0.05, 0) is 70.1 Å². The van der Waals surface area contributed by atoms with Gasteiger partial charge in [-0.2, -0.15) is 13.2 Å². The third-order valence-electron chi connectivity index (χ3n) is 4.41. The number of nitrogens with one attached hydrogen (secondary N) is 1. The van der Waals surface area contributed by atoms with Crippen LogP contribution in [0, 0.1) is 5.92 Å². The maximum absolute atomic E-state index is 12.6. The zero-order valence-corrected chi connectivity index (χ0v) is 13.8. The van der Waals surface area contributed by atoms with Gasteiger partial charge in [-0.25, -0.2) is 0 Å². The highest BCUT2D eigenvalue weighted by Crippen LogP contribution is 2.31. The molecule has 0 spiro atoms. The predicted molar refractivity (Wildman–Crippen MR) is 85.3 cm³/mol. The topological polar surface area (TPSA) is 15.3 Å². The van der Waals surface area contributed by atoms with Gasteiger partial charge in [0.25, 0.3) is 0 Å². The van der Waals surface area contributed by atoms with Gasteiger partial charge in [0.2, 0.25) is 0 Å². The van der Waals surface area contributed by atoms with E-state index in [0.717, 1.165) is 38.0 Å². The van der Waals surface area contributed by atoms with Gasteiger partial charge in [-0.15, -0.1) is 12.4 Å². The molecule has 1 aromatic carbocycles. The largest absolute Gasteiger partial charge is 0.416 e. The zero-order chi connectivity index (χ0) is 15.5. The van der Waals surface area contributed by atoms with Crippen LogP contribution >= 0.6 is 12.4 Å². The molecule has 0 bridgehead atoms. The molecular weight excluding hydrogens is 313 g/mol. The van der Waals surface area contributed by atoms with Crippen LogP contribution in [0.1, 0.15) is 36.9 Å². The van der Waals surface area contributed by atoms with E-state index in [0.29, 0.717) is 5.92 Å². The number of alkyl halides is 3. The standard InChI is InChI=1S/C16H23F3N2.ClH/c1-12(21-9-7-13(8-10-21)11-20-2)14-3-5-15(6-4-14)16(17,18)19;/h3-6,12-13,20H,7-11H2,1-2H3;1H. The maximum atomic E-state index is 12.6. The third-order valence-corrected chi connectivity index (χ3v) is 4.41. The van der Waals surface area contributed by atoms with Gasteiger partial charge in [0.1, 0.15) is 0 Å². The Morgan fingerprint density at radius 1 is 1.18 bits per heavy atom. The zero-order valence-electron chi connectivity index (χ0n) is 13.0. The Bertz CT molecular complexity index is 440. The van der Waals surface area contributed by atoms with Crippen molar-refractivity contribution in [1.29, 1.82) is 0 Å². The van der Waals surface area contributed by atoms with E-state index >= 15 is 0 Å². The fraction of sp³-hybridized carbons (Fsp3) is 0.625. The molecule has 0 amide bonds. The summed E-state index contributed by atoms with van der Waals surface area (Å²) in [4.78, 5) is 2.36. The Kier molecular flexibility index (Phi) is 7.16. The van der Waals surface area contributed by atoms with Crippen molar-refractivity contribution in [3.8, 4) is 0 Å². The Balaban J connectivity index is 0.00000242. The summed E-state index contributed by atoms with van der Waals surface area (Å²) >= 11 is 0. The van der Waals surface area contributed by atoms with Crippen molar-refractivity contribution in [2.45, 2.75) is 32.0 Å². The van der Waals surface area contributed by atoms with Crippen molar-refractivity contribution in [3.63, 3.8) is 0 Å². The molecule has 1 unspecified atom stereocenters. The number of hydrogen-bond donors (Lipinski definition) is 1. The minimum absolute atomic E-state index is 0. The summed E-state index contributed by atoms with van der Waals surface area (Å²) in [6.45, 7) is 5.13. The lowest BCUT2D eigenvalue weighted by Crippen LogP contribution is -2.38. The number of likely N-dealkylation sites (tertiary alicyclic amines) is 1. The van der Waals surface area contributed by atoms with Crippen molar-refractivity contribution in [3.05, 3.63) is 35.4 Å². The van der Waals surface area contributed by atoms with Crippen LogP contribution in [0.5, 0.6) is 0 Å². The van der Waals surface area contributed by atoms with E-state index in [2.05, 4.69) is 17.1 Å². The van der Waals surface area contributed by atoms with Gasteiger partial charge in [0.15, 0.2) is 0 Å². The molecule has 0 radical (unpaired) electrons. The molecule has 1 N–H and O–H groups in total. The molecule has 0 aromatic heterocycles. The molecule has 1 fully saturated rings. The fourth-order valence-electron chi connectivity index (χ4n) is 2.99. The van der Waals surface area contributed by atoms with Crippen LogP contribution in [0.3, 0.4) is 0 Å². The number of hydrogen-bond acceptors (Lipinski definition) is 2. The molecule has 1 saturated heterocycles. The minimum atomic E-state index is -4.26. The van der Waals surface area contributed by atoms with Crippen molar-refractivity contribution >= 4 is 12.4 Å². The molecule has 6 heteroatoms. The number of rotatable bonds is 4. The molecular formula is C16H24ClF3N2. The Labute approximate surface area is 136 Å². The first kappa shape index (κ1) is 19.3. The number of halogens is 4. The van der Waals surface area contributed by atoms with Crippen molar-refractivity contribution in [2.75, 3.05) is 26.7 Å². The monoisotopic (exact) mass is 336 g/mol. The van der Waals surface area contributed by atoms with E-state index in [9.17, 15) is 13.2 Å². The molecule has 0 aliphatic carbocycles. The highest BCUT2D eigenvalue weighted by molar-refractivity contribution is 5.85. The molecule has 1 heterocycles. The van der Waals surface area contributed by atoms with Crippen molar-refractivity contribution < 1.29 is 13.2 Å². The van der Waals surface area contributed by atoms with Crippen LogP contribution in [0.4, 0.5) is 13.2 Å². The first-order chi connectivity index (χ1) is 9.91. The molecule has 1 aromatic rings. The molecule has 22 heavy (non-hydrogen) atoms. The van der Waals surface area contributed by atoms with E-state index in [-0.39, 0.29) is 18.4 Å². The number of nitrogens with zero attached hydrogens (tertiary/aromatic N) is 1. The Morgan fingerprint density at radius 3 is 2.18 bits per heavy atom. The summed E-state index contributed by atoms with van der Waals surface area (Å²) in [5.41, 5.74) is 0.376. The number of piperidine rings is 1. The molecule has 126 valence electrons. The average molecular weight is 337 g/mol. The molecule has 2 nitrogen and oxygen atoms in total. The normalized spacial score (nSPS) is 18.8. The summed E-state index contributed by atoms with van der Waals surface area (Å²) < 4.78 is 37.7. The number of benzene rings is 1. The quantitative estimate of drug-likeness (QED) is 0.889. The van der Waals surface area contributed by atoms with Crippen LogP contribution in [-0.2, 0) is 6.18 Å². The van der Waals surface area contributed by atoms with Crippen molar-refractivity contribution in [2.24, 2.45) is 5.92 Å².